The summed E-state index contributed by atoms with van der Waals surface area (Å²) in [6.45, 7) is 7.80. The number of carboxylic acids is 1. The molecule has 42 heavy (non-hydrogen) atoms. The smallest absolute Gasteiger partial charge is 0.408 e. The fourth-order valence-corrected chi connectivity index (χ4v) is 7.08. The van der Waals surface area contributed by atoms with Gasteiger partial charge in [0.1, 0.15) is 23.2 Å². The Hall–Kier alpha value is -2.70. The molecule has 5 N–H and O–H groups in total. The fraction of sp³-hybridized carbons (Fsp3) is 0.800. The number of nitrogens with one attached hydrogen (secondary N) is 4. The van der Waals surface area contributed by atoms with E-state index in [-0.39, 0.29) is 36.5 Å². The number of hydrogen-bond acceptors (Lipinski definition) is 8. The first-order valence-electron chi connectivity index (χ1n) is 15.7. The van der Waals surface area contributed by atoms with E-state index >= 15 is 0 Å². The number of carbonyl (C=O) groups excluding carboxylic acids is 3. The van der Waals surface area contributed by atoms with E-state index in [2.05, 4.69) is 28.4 Å². The Bertz CT molecular complexity index is 1090. The predicted octanol–water partition coefficient (Wildman–Crippen LogP) is 2.21. The molecule has 2 saturated heterocycles. The van der Waals surface area contributed by atoms with Crippen LogP contribution in [0.3, 0.4) is 0 Å². The van der Waals surface area contributed by atoms with Crippen molar-refractivity contribution in [1.29, 1.82) is 0 Å². The van der Waals surface area contributed by atoms with E-state index < -0.39 is 41.2 Å². The first kappa shape index (κ1) is 30.7. The van der Waals surface area contributed by atoms with Crippen LogP contribution in [0.15, 0.2) is 12.2 Å². The lowest BCUT2D eigenvalue weighted by Crippen LogP contribution is -2.56. The highest BCUT2D eigenvalue weighted by molar-refractivity contribution is 5.96. The van der Waals surface area contributed by atoms with Gasteiger partial charge in [0.2, 0.25) is 11.8 Å². The van der Waals surface area contributed by atoms with Crippen molar-refractivity contribution in [1.82, 2.24) is 31.5 Å². The Morgan fingerprint density at radius 3 is 2.60 bits per heavy atom. The van der Waals surface area contributed by atoms with Gasteiger partial charge in [0.05, 0.1) is 6.04 Å². The molecule has 3 aliphatic heterocycles. The monoisotopic (exact) mass is 588 g/mol. The highest BCUT2D eigenvalue weighted by Crippen LogP contribution is 2.45. The van der Waals surface area contributed by atoms with Gasteiger partial charge in [-0.25, -0.2) is 20.4 Å². The number of aliphatic carboxylic acids is 1. The molecule has 0 aromatic carbocycles. The van der Waals surface area contributed by atoms with Crippen LogP contribution in [0.2, 0.25) is 0 Å². The number of hydrazine groups is 2. The van der Waals surface area contributed by atoms with Gasteiger partial charge in [-0.1, -0.05) is 38.3 Å². The van der Waals surface area contributed by atoms with Crippen molar-refractivity contribution >= 4 is 23.9 Å². The largest absolute Gasteiger partial charge is 0.479 e. The molecule has 5 rings (SSSR count). The summed E-state index contributed by atoms with van der Waals surface area (Å²) >= 11 is 0. The highest BCUT2D eigenvalue weighted by Gasteiger charge is 2.61. The molecule has 12 nitrogen and oxygen atoms in total. The zero-order valence-electron chi connectivity index (χ0n) is 25.4. The third-order valence-electron chi connectivity index (χ3n) is 9.51. The number of nitrogens with zero attached hydrogens (tertiary/aromatic N) is 2. The highest BCUT2D eigenvalue weighted by atomic mass is 16.6. The summed E-state index contributed by atoms with van der Waals surface area (Å²) in [6, 6.07) is -1.39. The van der Waals surface area contributed by atoms with Gasteiger partial charge < -0.3 is 25.4 Å². The van der Waals surface area contributed by atoms with E-state index in [1.165, 1.54) is 0 Å². The third-order valence-corrected chi connectivity index (χ3v) is 9.51. The zero-order valence-corrected chi connectivity index (χ0v) is 25.4. The number of carboxylic acid groups (broad SMARTS) is 1. The molecule has 0 aromatic rings. The molecular weight excluding hydrogens is 540 g/mol. The van der Waals surface area contributed by atoms with Gasteiger partial charge in [-0.3, -0.25) is 9.59 Å². The third kappa shape index (κ3) is 6.60. The first-order chi connectivity index (χ1) is 19.9. The average molecular weight is 589 g/mol. The number of ether oxygens (including phenoxy) is 1. The molecule has 0 aromatic heterocycles. The lowest BCUT2D eigenvalue weighted by atomic mass is 9.83. The summed E-state index contributed by atoms with van der Waals surface area (Å²) in [5, 5.41) is 17.7. The number of fused-ring (bicyclic) bond motifs is 3. The molecule has 0 spiro atoms. The van der Waals surface area contributed by atoms with Crippen molar-refractivity contribution in [2.75, 3.05) is 6.54 Å². The van der Waals surface area contributed by atoms with Crippen molar-refractivity contribution in [3.05, 3.63) is 12.2 Å². The molecule has 5 aliphatic rings. The minimum absolute atomic E-state index is 0.209. The number of rotatable bonds is 3. The maximum absolute atomic E-state index is 14.2. The molecule has 2 aliphatic carbocycles. The molecule has 234 valence electrons. The maximum Gasteiger partial charge on any atom is 0.408 e. The van der Waals surface area contributed by atoms with Gasteiger partial charge in [-0.2, -0.15) is 5.12 Å². The molecule has 8 atom stereocenters. The van der Waals surface area contributed by atoms with Crippen LogP contribution in [0.5, 0.6) is 0 Å². The number of amides is 3. The second kappa shape index (κ2) is 12.1. The topological polar surface area (TPSA) is 152 Å². The van der Waals surface area contributed by atoms with Crippen LogP contribution in [0.25, 0.3) is 0 Å². The fourth-order valence-electron chi connectivity index (χ4n) is 7.08. The van der Waals surface area contributed by atoms with Crippen LogP contribution in [-0.2, 0) is 19.1 Å². The molecule has 0 radical (unpaired) electrons. The zero-order chi connectivity index (χ0) is 30.2. The van der Waals surface area contributed by atoms with E-state index in [9.17, 15) is 24.3 Å². The van der Waals surface area contributed by atoms with Crippen LogP contribution in [0.4, 0.5) is 4.79 Å². The van der Waals surface area contributed by atoms with E-state index in [0.717, 1.165) is 38.5 Å². The van der Waals surface area contributed by atoms with Gasteiger partial charge in [-0.15, -0.1) is 0 Å². The summed E-state index contributed by atoms with van der Waals surface area (Å²) < 4.78 is 5.47. The first-order valence-corrected chi connectivity index (χ1v) is 15.7. The van der Waals surface area contributed by atoms with E-state index in [4.69, 9.17) is 4.74 Å². The average Bonchev–Trinajstić information content (AvgIpc) is 3.23. The van der Waals surface area contributed by atoms with Gasteiger partial charge >= 0.3 is 12.1 Å². The van der Waals surface area contributed by atoms with Gasteiger partial charge in [0.15, 0.2) is 0 Å². The molecule has 4 fully saturated rings. The van der Waals surface area contributed by atoms with E-state index in [0.29, 0.717) is 31.6 Å². The molecule has 3 amide bonds. The normalized spacial score (nSPS) is 38.7. The summed E-state index contributed by atoms with van der Waals surface area (Å²) in [5.41, 5.74) is 5.08. The number of allylic oxidation sites excluding steroid dienone is 1. The maximum atomic E-state index is 14.2. The van der Waals surface area contributed by atoms with Gasteiger partial charge in [-0.05, 0) is 71.6 Å². The number of alkyl carbamates (subject to hydrolysis) is 1. The quantitative estimate of drug-likeness (QED) is 0.313. The number of carbonyl (C=O) groups is 4. The predicted molar refractivity (Wildman–Crippen MR) is 155 cm³/mol. The van der Waals surface area contributed by atoms with Crippen molar-refractivity contribution in [3.8, 4) is 0 Å². The number of hydrogen-bond donors (Lipinski definition) is 5. The van der Waals surface area contributed by atoms with Crippen molar-refractivity contribution in [2.24, 2.45) is 11.8 Å². The second-order valence-electron chi connectivity index (χ2n) is 13.9. The van der Waals surface area contributed by atoms with E-state index in [1.807, 2.05) is 17.3 Å². The van der Waals surface area contributed by atoms with Crippen LogP contribution in [0, 0.1) is 11.8 Å². The molecule has 0 bridgehead atoms. The summed E-state index contributed by atoms with van der Waals surface area (Å²) in [4.78, 5) is 54.7. The Balaban J connectivity index is 1.40. The Labute approximate surface area is 248 Å². The second-order valence-corrected chi connectivity index (χ2v) is 13.9. The van der Waals surface area contributed by atoms with Crippen LogP contribution in [0.1, 0.15) is 91.9 Å². The lowest BCUT2D eigenvalue weighted by Gasteiger charge is -2.30. The van der Waals surface area contributed by atoms with Crippen molar-refractivity contribution < 1.29 is 29.0 Å². The van der Waals surface area contributed by atoms with Gasteiger partial charge in [0, 0.05) is 24.5 Å². The van der Waals surface area contributed by atoms with Crippen molar-refractivity contribution in [2.45, 2.75) is 133 Å². The minimum Gasteiger partial charge on any atom is -0.479 e. The Morgan fingerprint density at radius 2 is 1.88 bits per heavy atom. The molecule has 3 unspecified atom stereocenters. The summed E-state index contributed by atoms with van der Waals surface area (Å²) in [6.07, 6.45) is 10.9. The van der Waals surface area contributed by atoms with Crippen molar-refractivity contribution in [3.63, 3.8) is 0 Å². The molecule has 3 heterocycles. The SMILES string of the molecule is CC1CCCC2NN([C@H]3C[C@H]4C(=O)N[C@@]5(C(=O)O)C[C@H]5/C=C\CCCCC[C@@H](NC(=O)OC(C)(C)C)C(=O)N4C3)NC12. The summed E-state index contributed by atoms with van der Waals surface area (Å²) in [7, 11) is 0. The summed E-state index contributed by atoms with van der Waals surface area (Å²) in [5.74, 6) is -1.67. The molecule has 12 heteroatoms. The lowest BCUT2D eigenvalue weighted by molar-refractivity contribution is -0.145. The minimum atomic E-state index is -1.36. The molecule has 2 saturated carbocycles. The van der Waals surface area contributed by atoms with Crippen LogP contribution >= 0.6 is 0 Å². The van der Waals surface area contributed by atoms with Crippen LogP contribution < -0.4 is 21.5 Å². The van der Waals surface area contributed by atoms with Gasteiger partial charge in [0.25, 0.3) is 0 Å². The Kier molecular flexibility index (Phi) is 8.87. The van der Waals surface area contributed by atoms with Crippen LogP contribution in [-0.4, -0.2) is 86.9 Å². The Morgan fingerprint density at radius 1 is 1.10 bits per heavy atom. The standard InChI is InChI=1S/C30H48N6O6/c1-18-11-10-14-21-24(18)34-36(33-21)20-15-23-25(37)32-30(27(39)40)16-19(30)12-8-6-5-7-9-13-22(26(38)35(23)17-20)31-28(41)42-29(2,3)4/h8,12,18-24,33-34H,5-7,9-11,13-17H2,1-4H3,(H,31,41)(H,32,37)(H,39,40)/b12-8-/t18?,19-,20+,21?,22-,23+,24?,30+/m1/s1. The van der Waals surface area contributed by atoms with E-state index in [1.54, 1.807) is 25.7 Å². The molecular formula is C30H48N6O6.